The van der Waals surface area contributed by atoms with Crippen LogP contribution in [0.4, 0.5) is 10.5 Å². The Morgan fingerprint density at radius 3 is 2.57 bits per heavy atom. The summed E-state index contributed by atoms with van der Waals surface area (Å²) in [6.07, 6.45) is 2.37. The van der Waals surface area contributed by atoms with Gasteiger partial charge in [-0.3, -0.25) is 0 Å². The normalized spacial score (nSPS) is 13.2. The van der Waals surface area contributed by atoms with E-state index in [4.69, 9.17) is 0 Å². The van der Waals surface area contributed by atoms with Crippen molar-refractivity contribution in [1.29, 1.82) is 0 Å². The zero-order chi connectivity index (χ0) is 17.7. The molecule has 2 amide bonds. The molecule has 128 valence electrons. The number of amides is 2. The van der Waals surface area contributed by atoms with Crippen molar-refractivity contribution in [3.63, 3.8) is 0 Å². The minimum Gasteiger partial charge on any atom is -0.335 e. The van der Waals surface area contributed by atoms with Gasteiger partial charge in [-0.2, -0.15) is 0 Å². The van der Waals surface area contributed by atoms with Gasteiger partial charge in [-0.05, 0) is 52.3 Å². The molecule has 0 bridgehead atoms. The highest BCUT2D eigenvalue weighted by atomic mass is 32.2. The molecule has 3 N–H and O–H groups in total. The van der Waals surface area contributed by atoms with Gasteiger partial charge in [0.15, 0.2) is 0 Å². The maximum atomic E-state index is 12.3. The van der Waals surface area contributed by atoms with Gasteiger partial charge < -0.3 is 10.6 Å². The highest BCUT2D eigenvalue weighted by Gasteiger charge is 2.22. The lowest BCUT2D eigenvalue weighted by molar-refractivity contribution is 0.249. The second-order valence-corrected chi connectivity index (χ2v) is 8.09. The van der Waals surface area contributed by atoms with E-state index in [-0.39, 0.29) is 10.9 Å². The first-order chi connectivity index (χ1) is 10.5. The quantitative estimate of drug-likeness (QED) is 0.696. The number of anilines is 1. The van der Waals surface area contributed by atoms with E-state index >= 15 is 0 Å². The van der Waals surface area contributed by atoms with Crippen LogP contribution in [0.15, 0.2) is 41.8 Å². The van der Waals surface area contributed by atoms with Gasteiger partial charge in [0.05, 0.1) is 4.90 Å². The molecule has 0 heterocycles. The maximum absolute atomic E-state index is 12.3. The van der Waals surface area contributed by atoms with Crippen molar-refractivity contribution in [2.75, 3.05) is 5.32 Å². The van der Waals surface area contributed by atoms with Crippen molar-refractivity contribution in [3.8, 4) is 0 Å². The molecule has 0 radical (unpaired) electrons. The summed E-state index contributed by atoms with van der Waals surface area (Å²) in [5.41, 5.74) is -0.176. The third kappa shape index (κ3) is 6.83. The summed E-state index contributed by atoms with van der Waals surface area (Å²) in [4.78, 5) is 12.0. The lowest BCUT2D eigenvalue weighted by Crippen LogP contribution is -2.40. The van der Waals surface area contributed by atoms with Gasteiger partial charge in [-0.1, -0.05) is 12.1 Å². The standard InChI is InChI=1S/C16H25N3O3S/c1-6-8-12(2)17-15(20)18-13-9-7-10-14(11-13)23(21,22)19-16(3,4)5/h6-7,9-12,19H,1,8H2,2-5H3,(H2,17,18,20)/t12-/m1/s1. The first-order valence-corrected chi connectivity index (χ1v) is 8.84. The number of benzene rings is 1. The number of hydrogen-bond acceptors (Lipinski definition) is 3. The largest absolute Gasteiger partial charge is 0.335 e. The lowest BCUT2D eigenvalue weighted by atomic mass is 10.1. The fourth-order valence-electron chi connectivity index (χ4n) is 1.90. The molecule has 0 aliphatic rings. The molecule has 1 rings (SSSR count). The molecule has 23 heavy (non-hydrogen) atoms. The number of urea groups is 1. The molecule has 0 aliphatic carbocycles. The van der Waals surface area contributed by atoms with E-state index in [2.05, 4.69) is 21.9 Å². The smallest absolute Gasteiger partial charge is 0.319 e. The zero-order valence-corrected chi connectivity index (χ0v) is 14.8. The number of carbonyl (C=O) groups is 1. The molecule has 1 aromatic rings. The van der Waals surface area contributed by atoms with E-state index in [1.807, 2.05) is 6.92 Å². The number of carbonyl (C=O) groups excluding carboxylic acids is 1. The zero-order valence-electron chi connectivity index (χ0n) is 14.0. The monoisotopic (exact) mass is 339 g/mol. The molecule has 1 aromatic carbocycles. The van der Waals surface area contributed by atoms with Gasteiger partial charge in [0.25, 0.3) is 0 Å². The Bertz CT molecular complexity index is 663. The summed E-state index contributed by atoms with van der Waals surface area (Å²) in [6, 6.07) is 5.68. The van der Waals surface area contributed by atoms with Crippen LogP contribution in [-0.4, -0.2) is 26.0 Å². The van der Waals surface area contributed by atoms with Crippen molar-refractivity contribution in [1.82, 2.24) is 10.0 Å². The van der Waals surface area contributed by atoms with Crippen molar-refractivity contribution in [2.24, 2.45) is 0 Å². The van der Waals surface area contributed by atoms with Crippen LogP contribution < -0.4 is 15.4 Å². The summed E-state index contributed by atoms with van der Waals surface area (Å²) in [6.45, 7) is 10.8. The van der Waals surface area contributed by atoms with Gasteiger partial charge in [0.2, 0.25) is 10.0 Å². The Kier molecular flexibility index (Phi) is 6.35. The van der Waals surface area contributed by atoms with Gasteiger partial charge in [-0.25, -0.2) is 17.9 Å². The highest BCUT2D eigenvalue weighted by molar-refractivity contribution is 7.89. The third-order valence-corrected chi connectivity index (χ3v) is 4.50. The molecule has 7 heteroatoms. The van der Waals surface area contributed by atoms with E-state index in [1.165, 1.54) is 12.1 Å². The van der Waals surface area contributed by atoms with Crippen LogP contribution in [0.1, 0.15) is 34.1 Å². The molecular weight excluding hydrogens is 314 g/mol. The summed E-state index contributed by atoms with van der Waals surface area (Å²) >= 11 is 0. The van der Waals surface area contributed by atoms with Crippen LogP contribution in [0.2, 0.25) is 0 Å². The van der Waals surface area contributed by atoms with Crippen molar-refractivity contribution in [3.05, 3.63) is 36.9 Å². The Morgan fingerprint density at radius 2 is 2.00 bits per heavy atom. The molecule has 0 aromatic heterocycles. The Hall–Kier alpha value is -1.86. The topological polar surface area (TPSA) is 87.3 Å². The van der Waals surface area contributed by atoms with E-state index in [0.29, 0.717) is 12.1 Å². The second kappa shape index (κ2) is 7.61. The molecule has 0 aliphatic heterocycles. The minimum absolute atomic E-state index is 0.0537. The van der Waals surface area contributed by atoms with Gasteiger partial charge in [-0.15, -0.1) is 6.58 Å². The van der Waals surface area contributed by atoms with Crippen LogP contribution in [0.3, 0.4) is 0 Å². The van der Waals surface area contributed by atoms with Crippen LogP contribution in [0.25, 0.3) is 0 Å². The third-order valence-electron chi connectivity index (χ3n) is 2.74. The number of sulfonamides is 1. The minimum atomic E-state index is -3.64. The first kappa shape index (κ1) is 19.2. The summed E-state index contributed by atoms with van der Waals surface area (Å²) in [5, 5.41) is 5.37. The van der Waals surface area contributed by atoms with E-state index in [0.717, 1.165) is 0 Å². The second-order valence-electron chi connectivity index (χ2n) is 6.41. The van der Waals surface area contributed by atoms with E-state index < -0.39 is 21.6 Å². The van der Waals surface area contributed by atoms with Gasteiger partial charge in [0.1, 0.15) is 0 Å². The molecule has 6 nitrogen and oxygen atoms in total. The van der Waals surface area contributed by atoms with Crippen molar-refractivity contribution >= 4 is 21.7 Å². The molecule has 0 spiro atoms. The Balaban J connectivity index is 2.85. The average molecular weight is 339 g/mol. The van der Waals surface area contributed by atoms with Gasteiger partial charge >= 0.3 is 6.03 Å². The summed E-state index contributed by atoms with van der Waals surface area (Å²) in [5.74, 6) is 0. The average Bonchev–Trinajstić information content (AvgIpc) is 2.36. The fraction of sp³-hybridized carbons (Fsp3) is 0.438. The molecule has 0 fully saturated rings. The molecular formula is C16H25N3O3S. The summed E-state index contributed by atoms with van der Waals surface area (Å²) < 4.78 is 27.2. The summed E-state index contributed by atoms with van der Waals surface area (Å²) in [7, 11) is -3.64. The predicted molar refractivity (Wildman–Crippen MR) is 92.9 cm³/mol. The van der Waals surface area contributed by atoms with Crippen LogP contribution in [0, 0.1) is 0 Å². The lowest BCUT2D eigenvalue weighted by Gasteiger charge is -2.20. The first-order valence-electron chi connectivity index (χ1n) is 7.36. The fourth-order valence-corrected chi connectivity index (χ4v) is 3.37. The highest BCUT2D eigenvalue weighted by Crippen LogP contribution is 2.17. The molecule has 0 unspecified atom stereocenters. The molecule has 0 saturated carbocycles. The van der Waals surface area contributed by atoms with E-state index in [1.54, 1.807) is 39.0 Å². The Morgan fingerprint density at radius 1 is 1.35 bits per heavy atom. The van der Waals surface area contributed by atoms with Gasteiger partial charge in [0, 0.05) is 17.3 Å². The van der Waals surface area contributed by atoms with Crippen LogP contribution >= 0.6 is 0 Å². The van der Waals surface area contributed by atoms with E-state index in [9.17, 15) is 13.2 Å². The number of hydrogen-bond donors (Lipinski definition) is 3. The van der Waals surface area contributed by atoms with Crippen molar-refractivity contribution in [2.45, 2.75) is 50.6 Å². The Labute approximate surface area is 138 Å². The number of nitrogens with one attached hydrogen (secondary N) is 3. The predicted octanol–water partition coefficient (Wildman–Crippen LogP) is 2.85. The van der Waals surface area contributed by atoms with Crippen LogP contribution in [-0.2, 0) is 10.0 Å². The van der Waals surface area contributed by atoms with Crippen LogP contribution in [0.5, 0.6) is 0 Å². The number of rotatable bonds is 6. The SMILES string of the molecule is C=CC[C@@H](C)NC(=O)Nc1cccc(S(=O)(=O)NC(C)(C)C)c1. The molecule has 0 saturated heterocycles. The maximum Gasteiger partial charge on any atom is 0.319 e. The molecule has 1 atom stereocenters. The van der Waals surface area contributed by atoms with Crippen molar-refractivity contribution < 1.29 is 13.2 Å².